The number of amides is 1. The lowest BCUT2D eigenvalue weighted by Gasteiger charge is -2.16. The van der Waals surface area contributed by atoms with E-state index in [1.165, 1.54) is 25.4 Å². The fraction of sp³-hybridized carbons (Fsp3) is 0.438. The molecule has 1 aliphatic rings. The summed E-state index contributed by atoms with van der Waals surface area (Å²) in [5.74, 6) is 0.690. The molecule has 0 aliphatic carbocycles. The lowest BCUT2D eigenvalue weighted by Crippen LogP contribution is -2.25. The number of hydrogen-bond donors (Lipinski definition) is 1. The normalized spacial score (nSPS) is 13.8. The number of anilines is 1. The van der Waals surface area contributed by atoms with E-state index < -0.39 is 0 Å². The molecule has 0 unspecified atom stereocenters. The van der Waals surface area contributed by atoms with E-state index in [0.29, 0.717) is 21.5 Å². The van der Waals surface area contributed by atoms with Gasteiger partial charge in [-0.05, 0) is 31.9 Å². The van der Waals surface area contributed by atoms with Gasteiger partial charge in [-0.1, -0.05) is 0 Å². The zero-order valence-corrected chi connectivity index (χ0v) is 14.9. The summed E-state index contributed by atoms with van der Waals surface area (Å²) in [5, 5.41) is 2.77. The van der Waals surface area contributed by atoms with Crippen LogP contribution in [0.25, 0.3) is 0 Å². The highest BCUT2D eigenvalue weighted by Crippen LogP contribution is 2.19. The van der Waals surface area contributed by atoms with Gasteiger partial charge >= 0.3 is 6.01 Å². The third-order valence-corrected chi connectivity index (χ3v) is 4.99. The van der Waals surface area contributed by atoms with Gasteiger partial charge in [-0.25, -0.2) is 0 Å². The summed E-state index contributed by atoms with van der Waals surface area (Å²) < 4.78 is 5.14. The van der Waals surface area contributed by atoms with Gasteiger partial charge in [0.2, 0.25) is 5.95 Å². The van der Waals surface area contributed by atoms with Crippen LogP contribution >= 0.6 is 11.3 Å². The molecule has 2 aromatic rings. The molecule has 0 radical (unpaired) electrons. The molecule has 0 atom stereocenters. The first kappa shape index (κ1) is 17.3. The average Bonchev–Trinajstić information content (AvgIpc) is 3.30. The zero-order chi connectivity index (χ0) is 17.8. The minimum Gasteiger partial charge on any atom is -0.467 e. The zero-order valence-electron chi connectivity index (χ0n) is 14.1. The van der Waals surface area contributed by atoms with Crippen molar-refractivity contribution in [2.24, 2.45) is 0 Å². The van der Waals surface area contributed by atoms with E-state index in [0.717, 1.165) is 25.9 Å². The molecule has 0 aromatic carbocycles. The molecule has 1 saturated heterocycles. The van der Waals surface area contributed by atoms with Crippen molar-refractivity contribution in [1.82, 2.24) is 20.3 Å². The lowest BCUT2D eigenvalue weighted by atomic mass is 10.3. The average molecular weight is 361 g/mol. The van der Waals surface area contributed by atoms with E-state index in [9.17, 15) is 9.59 Å². The Kier molecular flexibility index (Phi) is 5.22. The predicted octanol–water partition coefficient (Wildman–Crippen LogP) is 1.67. The number of ether oxygens (including phenoxy) is 1. The highest BCUT2D eigenvalue weighted by molar-refractivity contribution is 7.15. The summed E-state index contributed by atoms with van der Waals surface area (Å²) in [6, 6.07) is 3.52. The smallest absolute Gasteiger partial charge is 0.321 e. The van der Waals surface area contributed by atoms with Crippen molar-refractivity contribution in [2.45, 2.75) is 26.3 Å². The van der Waals surface area contributed by atoms with Crippen LogP contribution in [0.15, 0.2) is 12.1 Å². The number of methoxy groups -OCH3 is 1. The molecule has 25 heavy (non-hydrogen) atoms. The summed E-state index contributed by atoms with van der Waals surface area (Å²) in [6.45, 7) is 3.44. The van der Waals surface area contributed by atoms with Crippen LogP contribution in [-0.4, -0.2) is 46.8 Å². The highest BCUT2D eigenvalue weighted by atomic mass is 32.1. The Bertz CT molecular complexity index is 786. The first-order valence-electron chi connectivity index (χ1n) is 7.99. The molecule has 2 aromatic heterocycles. The van der Waals surface area contributed by atoms with Gasteiger partial charge in [-0.15, -0.1) is 11.3 Å². The molecule has 132 valence electrons. The van der Waals surface area contributed by atoms with E-state index in [1.54, 1.807) is 12.1 Å². The molecule has 1 amide bonds. The van der Waals surface area contributed by atoms with Crippen molar-refractivity contribution in [3.63, 3.8) is 0 Å². The van der Waals surface area contributed by atoms with E-state index in [-0.39, 0.29) is 24.2 Å². The second-order valence-electron chi connectivity index (χ2n) is 5.64. The van der Waals surface area contributed by atoms with Crippen molar-refractivity contribution < 1.29 is 14.3 Å². The van der Waals surface area contributed by atoms with Crippen LogP contribution in [-0.2, 0) is 6.54 Å². The largest absolute Gasteiger partial charge is 0.467 e. The molecule has 1 aliphatic heterocycles. The van der Waals surface area contributed by atoms with Gasteiger partial charge in [-0.2, -0.15) is 15.0 Å². The van der Waals surface area contributed by atoms with E-state index >= 15 is 0 Å². The van der Waals surface area contributed by atoms with Gasteiger partial charge in [0.1, 0.15) is 0 Å². The van der Waals surface area contributed by atoms with Crippen LogP contribution in [0.5, 0.6) is 6.01 Å². The van der Waals surface area contributed by atoms with Crippen LogP contribution in [0.2, 0.25) is 0 Å². The molecule has 0 bridgehead atoms. The molecule has 3 heterocycles. The third-order valence-electron chi connectivity index (χ3n) is 3.80. The van der Waals surface area contributed by atoms with E-state index in [2.05, 4.69) is 25.2 Å². The Morgan fingerprint density at radius 2 is 1.92 bits per heavy atom. The second-order valence-corrected chi connectivity index (χ2v) is 6.72. The number of rotatable bonds is 6. The number of carbonyl (C=O) groups is 2. The van der Waals surface area contributed by atoms with Gasteiger partial charge in [0, 0.05) is 13.1 Å². The van der Waals surface area contributed by atoms with Gasteiger partial charge in [-0.3, -0.25) is 9.59 Å². The number of carbonyl (C=O) groups excluding carboxylic acids is 2. The van der Waals surface area contributed by atoms with Crippen molar-refractivity contribution in [1.29, 1.82) is 0 Å². The number of nitrogens with zero attached hydrogens (tertiary/aromatic N) is 4. The SMILES string of the molecule is COc1nc(CNC(=O)c2ccc(C(C)=O)s2)nc(N2CCCC2)n1. The molecule has 0 saturated carbocycles. The number of hydrogen-bond acceptors (Lipinski definition) is 8. The Balaban J connectivity index is 1.70. The monoisotopic (exact) mass is 361 g/mol. The standard InChI is InChI=1S/C16H19N5O3S/c1-10(22)11-5-6-12(25-11)14(23)17-9-13-18-15(20-16(19-13)24-2)21-7-3-4-8-21/h5-6H,3-4,7-9H2,1-2H3,(H,17,23). The van der Waals surface area contributed by atoms with Crippen LogP contribution < -0.4 is 15.0 Å². The van der Waals surface area contributed by atoms with Crippen LogP contribution in [0.1, 0.15) is 44.9 Å². The number of ketones is 1. The van der Waals surface area contributed by atoms with E-state index in [4.69, 9.17) is 4.74 Å². The van der Waals surface area contributed by atoms with Gasteiger partial charge in [0.15, 0.2) is 11.6 Å². The second kappa shape index (κ2) is 7.56. The first-order valence-corrected chi connectivity index (χ1v) is 8.81. The summed E-state index contributed by atoms with van der Waals surface area (Å²) in [4.78, 5) is 39.5. The minimum atomic E-state index is -0.264. The molecule has 0 spiro atoms. The maximum Gasteiger partial charge on any atom is 0.321 e. The van der Waals surface area contributed by atoms with Gasteiger partial charge in [0.25, 0.3) is 5.91 Å². The summed E-state index contributed by atoms with van der Waals surface area (Å²) in [5.41, 5.74) is 0. The van der Waals surface area contributed by atoms with Gasteiger partial charge in [0.05, 0.1) is 23.4 Å². The fourth-order valence-corrected chi connectivity index (χ4v) is 3.33. The minimum absolute atomic E-state index is 0.0542. The number of aromatic nitrogens is 3. The van der Waals surface area contributed by atoms with E-state index in [1.807, 2.05) is 0 Å². The molecule has 1 fully saturated rings. The maximum atomic E-state index is 12.2. The molecular formula is C16H19N5O3S. The molecular weight excluding hydrogens is 342 g/mol. The molecule has 9 heteroatoms. The van der Waals surface area contributed by atoms with Crippen molar-refractivity contribution in [3.8, 4) is 6.01 Å². The van der Waals surface area contributed by atoms with Gasteiger partial charge < -0.3 is 15.0 Å². The summed E-state index contributed by atoms with van der Waals surface area (Å²) >= 11 is 1.17. The third kappa shape index (κ3) is 4.11. The predicted molar refractivity (Wildman–Crippen MR) is 93.3 cm³/mol. The van der Waals surface area contributed by atoms with Crippen molar-refractivity contribution >= 4 is 29.0 Å². The fourth-order valence-electron chi connectivity index (χ4n) is 2.51. The summed E-state index contributed by atoms with van der Waals surface area (Å²) in [6.07, 6.45) is 2.22. The molecule has 1 N–H and O–H groups in total. The quantitative estimate of drug-likeness (QED) is 0.782. The number of nitrogens with one attached hydrogen (secondary N) is 1. The molecule has 3 rings (SSSR count). The highest BCUT2D eigenvalue weighted by Gasteiger charge is 2.18. The van der Waals surface area contributed by atoms with Crippen molar-refractivity contribution in [3.05, 3.63) is 27.7 Å². The Morgan fingerprint density at radius 3 is 2.56 bits per heavy atom. The number of Topliss-reactive ketones (excluding diaryl/α,β-unsaturated/α-hetero) is 1. The Morgan fingerprint density at radius 1 is 1.20 bits per heavy atom. The van der Waals surface area contributed by atoms with Crippen LogP contribution in [0, 0.1) is 0 Å². The Labute approximate surface area is 149 Å². The number of thiophene rings is 1. The molecule has 8 nitrogen and oxygen atoms in total. The van der Waals surface area contributed by atoms with Crippen LogP contribution in [0.4, 0.5) is 5.95 Å². The topological polar surface area (TPSA) is 97.3 Å². The Hall–Kier alpha value is -2.55. The lowest BCUT2D eigenvalue weighted by molar-refractivity contribution is 0.0953. The van der Waals surface area contributed by atoms with Crippen LogP contribution in [0.3, 0.4) is 0 Å². The maximum absolute atomic E-state index is 12.2. The van der Waals surface area contributed by atoms with Crippen molar-refractivity contribution in [2.75, 3.05) is 25.1 Å². The first-order chi connectivity index (χ1) is 12.1. The summed E-state index contributed by atoms with van der Waals surface area (Å²) in [7, 11) is 1.50.